The van der Waals surface area contributed by atoms with Gasteiger partial charge in [-0.2, -0.15) is 0 Å². The molecule has 0 fully saturated rings. The first-order valence-corrected chi connectivity index (χ1v) is 19.1. The highest BCUT2D eigenvalue weighted by molar-refractivity contribution is 5.97. The molecule has 262 valence electrons. The fraction of sp³-hybridized carbons (Fsp3) is 0.0566. The first-order chi connectivity index (χ1) is 27.2. The van der Waals surface area contributed by atoms with E-state index in [1.54, 1.807) is 0 Å². The molecule has 2 unspecified atom stereocenters. The Morgan fingerprint density at radius 1 is 0.455 bits per heavy atom. The van der Waals surface area contributed by atoms with Gasteiger partial charge >= 0.3 is 0 Å². The van der Waals surface area contributed by atoms with Crippen LogP contribution in [-0.2, 0) is 0 Å². The van der Waals surface area contributed by atoms with Crippen LogP contribution < -0.4 is 9.64 Å². The summed E-state index contributed by atoms with van der Waals surface area (Å²) in [6.07, 6.45) is 8.68. The average molecular weight is 706 g/mol. The van der Waals surface area contributed by atoms with E-state index in [0.29, 0.717) is 0 Å². The minimum absolute atomic E-state index is 0.0565. The number of fused-ring (bicyclic) bond motifs is 4. The van der Waals surface area contributed by atoms with Crippen molar-refractivity contribution in [2.45, 2.75) is 18.9 Å². The first-order valence-electron chi connectivity index (χ1n) is 19.1. The quantitative estimate of drug-likeness (QED) is 0.164. The Hall–Kier alpha value is -6.90. The predicted molar refractivity (Wildman–Crippen MR) is 231 cm³/mol. The molecule has 0 saturated heterocycles. The number of para-hydroxylation sites is 1. The van der Waals surface area contributed by atoms with E-state index in [9.17, 15) is 0 Å². The van der Waals surface area contributed by atoms with Gasteiger partial charge < -0.3 is 9.64 Å². The van der Waals surface area contributed by atoms with Gasteiger partial charge in [-0.3, -0.25) is 0 Å². The third-order valence-corrected chi connectivity index (χ3v) is 11.2. The molecule has 10 rings (SSSR count). The van der Waals surface area contributed by atoms with E-state index >= 15 is 0 Å². The van der Waals surface area contributed by atoms with Gasteiger partial charge in [-0.05, 0) is 105 Å². The smallest absolute Gasteiger partial charge is 0.132 e. The van der Waals surface area contributed by atoms with Crippen LogP contribution in [0, 0.1) is 6.92 Å². The van der Waals surface area contributed by atoms with Gasteiger partial charge in [-0.1, -0.05) is 164 Å². The Kier molecular flexibility index (Phi) is 8.22. The molecule has 2 aliphatic rings. The molecule has 0 saturated carbocycles. The molecular formula is C53H39NO. The maximum absolute atomic E-state index is 6.55. The number of hydrogen-bond acceptors (Lipinski definition) is 2. The van der Waals surface area contributed by atoms with Crippen LogP contribution in [0.3, 0.4) is 0 Å². The van der Waals surface area contributed by atoms with E-state index < -0.39 is 0 Å². The van der Waals surface area contributed by atoms with Crippen LogP contribution in [0.1, 0.15) is 17.0 Å². The highest BCUT2D eigenvalue weighted by atomic mass is 16.5. The lowest BCUT2D eigenvalue weighted by atomic mass is 9.90. The van der Waals surface area contributed by atoms with Crippen molar-refractivity contribution in [3.05, 3.63) is 217 Å². The molecule has 1 aliphatic heterocycles. The van der Waals surface area contributed by atoms with E-state index in [4.69, 9.17) is 4.74 Å². The molecule has 0 bridgehead atoms. The Morgan fingerprint density at radius 3 is 1.75 bits per heavy atom. The molecule has 0 aromatic heterocycles. The normalized spacial score (nSPS) is 15.4. The van der Waals surface area contributed by atoms with E-state index in [1.165, 1.54) is 55.3 Å². The minimum Gasteiger partial charge on any atom is -0.484 e. The van der Waals surface area contributed by atoms with Gasteiger partial charge in [-0.25, -0.2) is 0 Å². The molecule has 8 aromatic carbocycles. The van der Waals surface area contributed by atoms with Crippen molar-refractivity contribution in [3.8, 4) is 50.3 Å². The molecular weight excluding hydrogens is 667 g/mol. The zero-order valence-electron chi connectivity index (χ0n) is 30.6. The van der Waals surface area contributed by atoms with Crippen LogP contribution in [0.4, 0.5) is 17.1 Å². The number of nitrogens with zero attached hydrogens (tertiary/aromatic N) is 1. The van der Waals surface area contributed by atoms with Crippen molar-refractivity contribution in [1.82, 2.24) is 0 Å². The fourth-order valence-electron chi connectivity index (χ4n) is 8.35. The minimum atomic E-state index is 0.0565. The van der Waals surface area contributed by atoms with Crippen molar-refractivity contribution >= 4 is 27.8 Å². The molecule has 2 heteroatoms. The van der Waals surface area contributed by atoms with E-state index in [2.05, 4.69) is 218 Å². The second-order valence-electron chi connectivity index (χ2n) is 14.5. The summed E-state index contributed by atoms with van der Waals surface area (Å²) in [6, 6.07) is 65.9. The van der Waals surface area contributed by atoms with Crippen LogP contribution in [0.25, 0.3) is 55.3 Å². The number of anilines is 3. The molecule has 0 radical (unpaired) electrons. The summed E-state index contributed by atoms with van der Waals surface area (Å²) in [5, 5.41) is 2.53. The molecule has 55 heavy (non-hydrogen) atoms. The van der Waals surface area contributed by atoms with Crippen molar-refractivity contribution in [2.24, 2.45) is 0 Å². The van der Waals surface area contributed by atoms with Crippen molar-refractivity contribution < 1.29 is 4.74 Å². The lowest BCUT2D eigenvalue weighted by Crippen LogP contribution is -2.15. The lowest BCUT2D eigenvalue weighted by molar-refractivity contribution is 0.270. The monoisotopic (exact) mass is 705 g/mol. The van der Waals surface area contributed by atoms with Crippen LogP contribution >= 0.6 is 0 Å². The summed E-state index contributed by atoms with van der Waals surface area (Å²) in [5.74, 6) is 1.26. The van der Waals surface area contributed by atoms with Crippen LogP contribution in [0.15, 0.2) is 206 Å². The Morgan fingerprint density at radius 2 is 1.02 bits per heavy atom. The van der Waals surface area contributed by atoms with E-state index in [0.717, 1.165) is 33.9 Å². The second-order valence-corrected chi connectivity index (χ2v) is 14.5. The van der Waals surface area contributed by atoms with Gasteiger partial charge in [-0.15, -0.1) is 0 Å². The van der Waals surface area contributed by atoms with Gasteiger partial charge in [0.05, 0.1) is 0 Å². The number of rotatable bonds is 7. The van der Waals surface area contributed by atoms with Crippen molar-refractivity contribution in [2.75, 3.05) is 4.90 Å². The first kappa shape index (κ1) is 32.7. The Labute approximate surface area is 322 Å². The molecule has 8 aromatic rings. The zero-order valence-corrected chi connectivity index (χ0v) is 30.6. The van der Waals surface area contributed by atoms with Gasteiger partial charge in [0.25, 0.3) is 0 Å². The topological polar surface area (TPSA) is 12.5 Å². The number of aryl methyl sites for hydroxylation is 1. The maximum atomic E-state index is 6.55. The summed E-state index contributed by atoms with van der Waals surface area (Å²) < 4.78 is 6.55. The summed E-state index contributed by atoms with van der Waals surface area (Å²) in [6.45, 7) is 2.21. The predicted octanol–water partition coefficient (Wildman–Crippen LogP) is 14.3. The third kappa shape index (κ3) is 6.02. The van der Waals surface area contributed by atoms with Crippen LogP contribution in [-0.4, -0.2) is 6.10 Å². The molecule has 1 aliphatic carbocycles. The number of hydrogen-bond donors (Lipinski definition) is 0. The largest absolute Gasteiger partial charge is 0.484 e. The zero-order chi connectivity index (χ0) is 36.7. The van der Waals surface area contributed by atoms with Gasteiger partial charge in [0.1, 0.15) is 11.9 Å². The maximum Gasteiger partial charge on any atom is 0.132 e. The summed E-state index contributed by atoms with van der Waals surface area (Å²) in [4.78, 5) is 2.37. The van der Waals surface area contributed by atoms with Crippen LogP contribution in [0.5, 0.6) is 5.75 Å². The molecule has 0 spiro atoms. The number of ether oxygens (including phenoxy) is 1. The molecule has 0 N–H and O–H groups in total. The van der Waals surface area contributed by atoms with Gasteiger partial charge in [0.2, 0.25) is 0 Å². The highest BCUT2D eigenvalue weighted by Gasteiger charge is 2.33. The van der Waals surface area contributed by atoms with E-state index in [1.807, 2.05) is 0 Å². The molecule has 1 heterocycles. The van der Waals surface area contributed by atoms with E-state index in [-0.39, 0.29) is 12.0 Å². The molecule has 2 nitrogen and oxygen atoms in total. The fourth-order valence-corrected chi connectivity index (χ4v) is 8.35. The average Bonchev–Trinajstić information content (AvgIpc) is 3.64. The summed E-state index contributed by atoms with van der Waals surface area (Å²) in [5.41, 5.74) is 15.3. The molecule has 2 atom stereocenters. The van der Waals surface area contributed by atoms with Crippen molar-refractivity contribution in [1.29, 1.82) is 0 Å². The van der Waals surface area contributed by atoms with Gasteiger partial charge in [0.15, 0.2) is 0 Å². The summed E-state index contributed by atoms with van der Waals surface area (Å²) in [7, 11) is 0. The number of allylic oxidation sites excluding steroid dienone is 2. The number of benzene rings is 8. The standard InChI is InChI=1S/C53H39NO/c1-36-35-43(48-18-10-19-50-49-16-7-8-20-52(49)55-53(48)50)29-34-51(36)54(44-30-25-39(26-31-44)37-11-3-2-4-12-37)45-32-27-40(28-33-45)38-21-23-42(24-22-38)47-17-9-14-41-13-5-6-15-46(41)47/h2-35,49,52H,1H3. The third-order valence-electron chi connectivity index (χ3n) is 11.2. The lowest BCUT2D eigenvalue weighted by Gasteiger charge is -2.28. The van der Waals surface area contributed by atoms with Gasteiger partial charge in [0, 0.05) is 34.1 Å². The SMILES string of the molecule is Cc1cc(-c2cccc3c2OC2C=CC=CC32)ccc1N(c1ccc(-c2ccccc2)cc1)c1ccc(-c2ccc(-c3cccc4ccccc34)cc2)cc1. The Balaban J connectivity index is 0.999. The highest BCUT2D eigenvalue weighted by Crippen LogP contribution is 2.47. The van der Waals surface area contributed by atoms with Crippen molar-refractivity contribution in [3.63, 3.8) is 0 Å². The molecule has 0 amide bonds. The Bertz CT molecular complexity index is 2720. The van der Waals surface area contributed by atoms with Crippen LogP contribution in [0.2, 0.25) is 0 Å². The second kappa shape index (κ2) is 13.8. The summed E-state index contributed by atoms with van der Waals surface area (Å²) >= 11 is 0.